The van der Waals surface area contributed by atoms with Crippen LogP contribution in [-0.2, 0) is 21.4 Å². The molecule has 10 heteroatoms. The van der Waals surface area contributed by atoms with Gasteiger partial charge < -0.3 is 4.57 Å². The lowest BCUT2D eigenvalue weighted by molar-refractivity contribution is -0.118. The maximum Gasteiger partial charge on any atom is 0.251 e. The van der Waals surface area contributed by atoms with E-state index in [0.717, 1.165) is 11.1 Å². The highest BCUT2D eigenvalue weighted by Gasteiger charge is 2.24. The minimum Gasteiger partial charge on any atom is -0.319 e. The lowest BCUT2D eigenvalue weighted by Gasteiger charge is -2.18. The highest BCUT2D eigenvalue weighted by atomic mass is 32.2. The van der Waals surface area contributed by atoms with E-state index in [-0.39, 0.29) is 22.7 Å². The van der Waals surface area contributed by atoms with E-state index in [1.54, 1.807) is 32.0 Å². The number of rotatable bonds is 8. The lowest BCUT2D eigenvalue weighted by Crippen LogP contribution is -2.30. The maximum atomic E-state index is 13.1. The molecule has 4 rings (SSSR count). The highest BCUT2D eigenvalue weighted by molar-refractivity contribution is 7.89. The van der Waals surface area contributed by atoms with Crippen LogP contribution in [0, 0.1) is 5.92 Å². The summed E-state index contributed by atoms with van der Waals surface area (Å²) < 4.78 is 29.6. The predicted molar refractivity (Wildman–Crippen MR) is 132 cm³/mol. The molecule has 0 saturated heterocycles. The fourth-order valence-corrected chi connectivity index (χ4v) is 5.33. The molecule has 0 unspecified atom stereocenters. The third kappa shape index (κ3) is 4.38. The Hall–Kier alpha value is -3.37. The molecule has 9 nitrogen and oxygen atoms in total. The van der Waals surface area contributed by atoms with Crippen molar-refractivity contribution in [3.63, 3.8) is 0 Å². The smallest absolute Gasteiger partial charge is 0.251 e. The van der Waals surface area contributed by atoms with Gasteiger partial charge in [0.05, 0.1) is 10.4 Å². The van der Waals surface area contributed by atoms with Gasteiger partial charge in [-0.3, -0.25) is 10.1 Å². The normalized spacial score (nSPS) is 12.2. The molecule has 0 fully saturated rings. The molecule has 0 aliphatic heterocycles. The van der Waals surface area contributed by atoms with E-state index in [0.29, 0.717) is 36.2 Å². The number of amides is 1. The molecule has 2 aromatic carbocycles. The molecule has 0 spiro atoms. The van der Waals surface area contributed by atoms with Gasteiger partial charge in [-0.1, -0.05) is 58.0 Å². The first-order valence-electron chi connectivity index (χ1n) is 11.3. The number of carbonyl (C=O) groups is 1. The number of hydrogen-bond acceptors (Lipinski definition) is 6. The molecular weight excluding hydrogens is 452 g/mol. The number of fused-ring (bicyclic) bond motifs is 3. The Morgan fingerprint density at radius 3 is 2.41 bits per heavy atom. The van der Waals surface area contributed by atoms with E-state index in [9.17, 15) is 13.2 Å². The summed E-state index contributed by atoms with van der Waals surface area (Å²) in [5.74, 6) is -0.332. The van der Waals surface area contributed by atoms with Gasteiger partial charge in [-0.15, -0.1) is 10.2 Å². The van der Waals surface area contributed by atoms with Crippen molar-refractivity contribution in [3.05, 3.63) is 54.1 Å². The van der Waals surface area contributed by atoms with E-state index >= 15 is 0 Å². The molecule has 0 aliphatic carbocycles. The molecule has 2 heterocycles. The van der Waals surface area contributed by atoms with Crippen LogP contribution in [0.25, 0.3) is 22.1 Å². The summed E-state index contributed by atoms with van der Waals surface area (Å²) in [6, 6.07) is 14.9. The number of nitrogens with one attached hydrogen (secondary N) is 1. The zero-order chi connectivity index (χ0) is 24.5. The molecular formula is C24H28N6O3S. The summed E-state index contributed by atoms with van der Waals surface area (Å²) in [4.78, 5) is 17.0. The van der Waals surface area contributed by atoms with Gasteiger partial charge in [0.2, 0.25) is 15.9 Å². The third-order valence-corrected chi connectivity index (χ3v) is 7.77. The molecule has 4 aromatic rings. The van der Waals surface area contributed by atoms with E-state index in [4.69, 9.17) is 0 Å². The maximum absolute atomic E-state index is 13.1. The van der Waals surface area contributed by atoms with Crippen LogP contribution in [0.1, 0.15) is 33.3 Å². The minimum absolute atomic E-state index is 0.110. The van der Waals surface area contributed by atoms with Crippen LogP contribution in [0.5, 0.6) is 0 Å². The number of nitrogens with zero attached hydrogens (tertiary/aromatic N) is 5. The van der Waals surface area contributed by atoms with Crippen molar-refractivity contribution in [2.75, 3.05) is 18.4 Å². The quantitative estimate of drug-likeness (QED) is 0.412. The lowest BCUT2D eigenvalue weighted by atomic mass is 10.2. The van der Waals surface area contributed by atoms with E-state index in [1.807, 2.05) is 48.7 Å². The highest BCUT2D eigenvalue weighted by Crippen LogP contribution is 2.30. The first-order chi connectivity index (χ1) is 16.3. The molecule has 178 valence electrons. The number of benzene rings is 2. The van der Waals surface area contributed by atoms with E-state index in [1.165, 1.54) is 4.31 Å². The Kier molecular flexibility index (Phi) is 6.63. The van der Waals surface area contributed by atoms with Crippen molar-refractivity contribution in [3.8, 4) is 0 Å². The molecule has 0 radical (unpaired) electrons. The Balaban J connectivity index is 1.92. The molecule has 1 amide bonds. The van der Waals surface area contributed by atoms with Crippen molar-refractivity contribution in [1.82, 2.24) is 24.1 Å². The van der Waals surface area contributed by atoms with Gasteiger partial charge in [-0.2, -0.15) is 9.29 Å². The molecule has 34 heavy (non-hydrogen) atoms. The van der Waals surface area contributed by atoms with Crippen molar-refractivity contribution in [2.24, 2.45) is 5.92 Å². The summed E-state index contributed by atoms with van der Waals surface area (Å²) in [5, 5.41) is 11.8. The summed E-state index contributed by atoms with van der Waals surface area (Å²) in [7, 11) is -3.65. The van der Waals surface area contributed by atoms with Gasteiger partial charge in [-0.25, -0.2) is 8.42 Å². The average Bonchev–Trinajstić information content (AvgIpc) is 3.12. The van der Waals surface area contributed by atoms with Gasteiger partial charge in [0.25, 0.3) is 5.95 Å². The largest absolute Gasteiger partial charge is 0.319 e. The monoisotopic (exact) mass is 480 g/mol. The van der Waals surface area contributed by atoms with Gasteiger partial charge in [0, 0.05) is 30.9 Å². The van der Waals surface area contributed by atoms with E-state index in [2.05, 4.69) is 20.5 Å². The van der Waals surface area contributed by atoms with Crippen LogP contribution < -0.4 is 5.32 Å². The number of hydrogen-bond donors (Lipinski definition) is 1. The zero-order valence-corrected chi connectivity index (χ0v) is 20.5. The number of carbonyl (C=O) groups excluding carboxylic acids is 1. The Morgan fingerprint density at radius 2 is 1.76 bits per heavy atom. The predicted octanol–water partition coefficient (Wildman–Crippen LogP) is 3.65. The summed E-state index contributed by atoms with van der Waals surface area (Å²) in [5.41, 5.74) is 2.83. The van der Waals surface area contributed by atoms with Crippen LogP contribution in [0.4, 0.5) is 5.95 Å². The van der Waals surface area contributed by atoms with Crippen molar-refractivity contribution < 1.29 is 13.2 Å². The molecule has 0 bridgehead atoms. The fourth-order valence-electron chi connectivity index (χ4n) is 3.84. The topological polar surface area (TPSA) is 110 Å². The third-order valence-electron chi connectivity index (χ3n) is 5.72. The number of aromatic nitrogens is 4. The number of anilines is 1. The second kappa shape index (κ2) is 9.47. The Morgan fingerprint density at radius 1 is 1.06 bits per heavy atom. The minimum atomic E-state index is -3.65. The van der Waals surface area contributed by atoms with Gasteiger partial charge in [0.15, 0.2) is 5.65 Å². The molecule has 2 aromatic heterocycles. The van der Waals surface area contributed by atoms with Crippen LogP contribution in [0.2, 0.25) is 0 Å². The first-order valence-corrected chi connectivity index (χ1v) is 12.7. The second-order valence-electron chi connectivity index (χ2n) is 8.29. The number of sulfonamides is 1. The standard InChI is InChI=1S/C24H28N6O3S/c1-5-29(6-2)34(32,33)18-12-13-20-19(14-18)21-22(30(20)15-17-10-8-7-9-11-17)25-24(28-27-21)26-23(31)16(3)4/h7-14,16H,5-6,15H2,1-4H3,(H,25,26,28,31). The van der Waals surface area contributed by atoms with Gasteiger partial charge >= 0.3 is 0 Å². The van der Waals surface area contributed by atoms with Crippen molar-refractivity contribution in [1.29, 1.82) is 0 Å². The zero-order valence-electron chi connectivity index (χ0n) is 19.7. The van der Waals surface area contributed by atoms with Crippen LogP contribution in [0.3, 0.4) is 0 Å². The van der Waals surface area contributed by atoms with Crippen molar-refractivity contribution >= 4 is 43.9 Å². The van der Waals surface area contributed by atoms with Crippen molar-refractivity contribution in [2.45, 2.75) is 39.1 Å². The molecule has 1 N–H and O–H groups in total. The van der Waals surface area contributed by atoms with Crippen LogP contribution in [-0.4, -0.2) is 51.5 Å². The molecule has 0 atom stereocenters. The molecule has 0 saturated carbocycles. The first kappa shape index (κ1) is 23.8. The Bertz CT molecular complexity index is 1440. The van der Waals surface area contributed by atoms with Crippen LogP contribution in [0.15, 0.2) is 53.4 Å². The summed E-state index contributed by atoms with van der Waals surface area (Å²) in [6.07, 6.45) is 0. The SMILES string of the molecule is CCN(CC)S(=O)(=O)c1ccc2c(c1)c1nnc(NC(=O)C(C)C)nc1n2Cc1ccccc1. The fraction of sp³-hybridized carbons (Fsp3) is 0.333. The van der Waals surface area contributed by atoms with Gasteiger partial charge in [-0.05, 0) is 23.8 Å². The Labute approximate surface area is 198 Å². The second-order valence-corrected chi connectivity index (χ2v) is 10.2. The molecule has 0 aliphatic rings. The summed E-state index contributed by atoms with van der Waals surface area (Å²) in [6.45, 7) is 8.46. The van der Waals surface area contributed by atoms with Crippen LogP contribution >= 0.6 is 0 Å². The average molecular weight is 481 g/mol. The van der Waals surface area contributed by atoms with E-state index < -0.39 is 10.0 Å². The summed E-state index contributed by atoms with van der Waals surface area (Å²) >= 11 is 0. The van der Waals surface area contributed by atoms with Gasteiger partial charge in [0.1, 0.15) is 5.52 Å².